The summed E-state index contributed by atoms with van der Waals surface area (Å²) in [4.78, 5) is 27.6. The number of ether oxygens (including phenoxy) is 1. The third kappa shape index (κ3) is 5.31. The smallest absolute Gasteiger partial charge is 0.231 e. The molecule has 2 fully saturated rings. The molecule has 5 nitrogen and oxygen atoms in total. The first-order valence-corrected chi connectivity index (χ1v) is 14.3. The number of carbonyl (C=O) groups is 2. The third-order valence-electron chi connectivity index (χ3n) is 7.89. The second-order valence-corrected chi connectivity index (χ2v) is 10.4. The number of hydrogen-bond acceptors (Lipinski definition) is 3. The molecule has 0 N–H and O–H groups in total. The van der Waals surface area contributed by atoms with E-state index < -0.39 is 5.41 Å². The number of fused-ring (bicyclic) bond motifs is 4. The van der Waals surface area contributed by atoms with Crippen LogP contribution in [0.4, 0.5) is 0 Å². The van der Waals surface area contributed by atoms with Crippen LogP contribution in [-0.2, 0) is 22.5 Å². The number of hydrogen-bond donors (Lipinski definition) is 0. The van der Waals surface area contributed by atoms with Crippen molar-refractivity contribution < 1.29 is 14.3 Å². The molecule has 5 rings (SSSR count). The average Bonchev–Trinajstić information content (AvgIpc) is 3.63. The number of aryl methyl sites for hydroxylation is 1. The first-order chi connectivity index (χ1) is 18.5. The summed E-state index contributed by atoms with van der Waals surface area (Å²) in [5.41, 5.74) is 6.51. The van der Waals surface area contributed by atoms with Crippen molar-refractivity contribution in [3.8, 4) is 0 Å². The van der Waals surface area contributed by atoms with E-state index in [-0.39, 0.29) is 11.8 Å². The fourth-order valence-corrected chi connectivity index (χ4v) is 6.13. The van der Waals surface area contributed by atoms with Crippen LogP contribution in [0.2, 0.25) is 0 Å². The Labute approximate surface area is 229 Å². The van der Waals surface area contributed by atoms with Gasteiger partial charge in [-0.25, -0.2) is 0 Å². The lowest BCUT2D eigenvalue weighted by molar-refractivity contribution is -0.142. The highest BCUT2D eigenvalue weighted by atomic mass is 16.5. The summed E-state index contributed by atoms with van der Waals surface area (Å²) in [6.45, 7) is 19.9. The highest BCUT2D eigenvalue weighted by Gasteiger charge is 2.64. The molecule has 3 heterocycles. The number of morpholine rings is 1. The molecule has 2 aliphatic heterocycles. The number of carbonyl (C=O) groups excluding carboxylic acids is 2. The zero-order chi connectivity index (χ0) is 27.9. The fraction of sp³-hybridized carbons (Fsp3) is 0.515. The highest BCUT2D eigenvalue weighted by molar-refractivity contribution is 5.98. The van der Waals surface area contributed by atoms with Gasteiger partial charge in [0.1, 0.15) is 6.29 Å². The average molecular weight is 519 g/mol. The van der Waals surface area contributed by atoms with Crippen LogP contribution in [0.15, 0.2) is 49.1 Å². The minimum atomic E-state index is -0.413. The van der Waals surface area contributed by atoms with E-state index in [0.717, 1.165) is 37.5 Å². The van der Waals surface area contributed by atoms with Crippen LogP contribution in [-0.4, -0.2) is 48.0 Å². The normalized spacial score (nSPS) is 23.9. The van der Waals surface area contributed by atoms with Crippen LogP contribution < -0.4 is 0 Å². The van der Waals surface area contributed by atoms with E-state index in [1.54, 1.807) is 0 Å². The Hall–Kier alpha value is -2.92. The predicted octanol–water partition coefficient (Wildman–Crippen LogP) is 7.24. The van der Waals surface area contributed by atoms with Crippen molar-refractivity contribution in [3.05, 3.63) is 65.9 Å². The van der Waals surface area contributed by atoms with Gasteiger partial charge in [0, 0.05) is 42.0 Å². The topological polar surface area (TPSA) is 51.5 Å². The molecule has 2 aromatic rings. The van der Waals surface area contributed by atoms with Gasteiger partial charge in [-0.2, -0.15) is 0 Å². The maximum Gasteiger partial charge on any atom is 0.231 e. The number of unbranched alkanes of at least 4 members (excludes halogenated alkanes) is 1. The fourth-order valence-electron chi connectivity index (χ4n) is 6.13. The van der Waals surface area contributed by atoms with Crippen molar-refractivity contribution in [3.63, 3.8) is 0 Å². The number of aldehydes is 1. The number of allylic oxidation sites excluding steroid dienone is 4. The quantitative estimate of drug-likeness (QED) is 0.310. The second-order valence-electron chi connectivity index (χ2n) is 10.4. The van der Waals surface area contributed by atoms with Gasteiger partial charge in [0.15, 0.2) is 0 Å². The van der Waals surface area contributed by atoms with E-state index in [4.69, 9.17) is 4.74 Å². The van der Waals surface area contributed by atoms with Crippen molar-refractivity contribution >= 4 is 28.7 Å². The van der Waals surface area contributed by atoms with E-state index in [1.807, 2.05) is 17.0 Å². The minimum Gasteiger partial charge on any atom is -0.378 e. The molecule has 1 amide bonds. The Morgan fingerprint density at radius 3 is 2.39 bits per heavy atom. The van der Waals surface area contributed by atoms with E-state index in [9.17, 15) is 9.59 Å². The van der Waals surface area contributed by atoms with Gasteiger partial charge in [0.2, 0.25) is 5.91 Å². The summed E-state index contributed by atoms with van der Waals surface area (Å²) in [5.74, 6) is 0.509. The van der Waals surface area contributed by atoms with Gasteiger partial charge in [-0.15, -0.1) is 13.2 Å². The molecule has 1 aromatic heterocycles. The molecule has 1 saturated heterocycles. The summed E-state index contributed by atoms with van der Waals surface area (Å²) in [7, 11) is 0. The van der Waals surface area contributed by atoms with Crippen molar-refractivity contribution in [2.24, 2.45) is 11.3 Å². The minimum absolute atomic E-state index is 0.243. The molecule has 0 spiro atoms. The van der Waals surface area contributed by atoms with Crippen LogP contribution in [0.3, 0.4) is 0 Å². The number of amides is 1. The van der Waals surface area contributed by atoms with Crippen LogP contribution in [0.5, 0.6) is 0 Å². The lowest BCUT2D eigenvalue weighted by Crippen LogP contribution is -2.46. The van der Waals surface area contributed by atoms with Gasteiger partial charge in [-0.05, 0) is 55.9 Å². The van der Waals surface area contributed by atoms with Crippen molar-refractivity contribution in [1.82, 2.24) is 9.47 Å². The standard InChI is InChI=1S/C28H34N2O3.C3H8.C2H4/c1-4-7-8-23-22-10-9-19(17-31)15-25(22)30-18-28(27(32)29-11-13-33-14-12-29)16-24(28)20(5-2)21(6-3)26(23)30;1-3-2;1-2/h5-6,9-10,15,17,24H,4,7-8,11-14,16,18H2,1-3H3;3H2,1-2H3;1-2H2/b20-5+,21-6+;;. The number of aromatic nitrogens is 1. The monoisotopic (exact) mass is 518 g/mol. The summed E-state index contributed by atoms with van der Waals surface area (Å²) in [6, 6.07) is 6.04. The zero-order valence-corrected chi connectivity index (χ0v) is 24.1. The molecule has 1 aliphatic carbocycles. The molecule has 1 saturated carbocycles. The van der Waals surface area contributed by atoms with Crippen molar-refractivity contribution in [2.45, 2.75) is 73.3 Å². The zero-order valence-electron chi connectivity index (χ0n) is 24.1. The van der Waals surface area contributed by atoms with E-state index in [1.165, 1.54) is 34.2 Å². The molecule has 1 aromatic carbocycles. The van der Waals surface area contributed by atoms with Gasteiger partial charge in [0.05, 0.1) is 24.3 Å². The molecule has 3 aliphatic rings. The Morgan fingerprint density at radius 1 is 1.13 bits per heavy atom. The van der Waals surface area contributed by atoms with E-state index in [0.29, 0.717) is 38.4 Å². The summed E-state index contributed by atoms with van der Waals surface area (Å²) in [5, 5.41) is 1.21. The highest BCUT2D eigenvalue weighted by Crippen LogP contribution is 2.63. The summed E-state index contributed by atoms with van der Waals surface area (Å²) in [6.07, 6.45) is 10.7. The number of benzene rings is 1. The molecular weight excluding hydrogens is 472 g/mol. The lowest BCUT2D eigenvalue weighted by atomic mass is 9.90. The molecule has 38 heavy (non-hydrogen) atoms. The molecule has 0 bridgehead atoms. The predicted molar refractivity (Wildman–Crippen MR) is 159 cm³/mol. The van der Waals surface area contributed by atoms with Crippen LogP contribution in [0.1, 0.15) is 81.9 Å². The van der Waals surface area contributed by atoms with Gasteiger partial charge < -0.3 is 14.2 Å². The molecule has 2 unspecified atom stereocenters. The van der Waals surface area contributed by atoms with Crippen molar-refractivity contribution in [2.75, 3.05) is 26.3 Å². The summed E-state index contributed by atoms with van der Waals surface area (Å²) >= 11 is 0. The molecule has 0 radical (unpaired) electrons. The molecular formula is C33H46N2O3. The molecule has 206 valence electrons. The Balaban J connectivity index is 0.000000748. The van der Waals surface area contributed by atoms with Gasteiger partial charge >= 0.3 is 0 Å². The largest absolute Gasteiger partial charge is 0.378 e. The Morgan fingerprint density at radius 2 is 1.82 bits per heavy atom. The number of nitrogens with zero attached hydrogens (tertiary/aromatic N) is 2. The first-order valence-electron chi connectivity index (χ1n) is 14.3. The maximum absolute atomic E-state index is 13.9. The van der Waals surface area contributed by atoms with E-state index >= 15 is 0 Å². The second kappa shape index (κ2) is 13.2. The summed E-state index contributed by atoms with van der Waals surface area (Å²) < 4.78 is 7.89. The Kier molecular flexibility index (Phi) is 10.3. The van der Waals surface area contributed by atoms with Crippen LogP contribution >= 0.6 is 0 Å². The van der Waals surface area contributed by atoms with Crippen molar-refractivity contribution in [1.29, 1.82) is 0 Å². The first kappa shape index (κ1) is 29.6. The SMILES string of the molecule is C/C=C1\C(=C/C)c2c(CCCC)c3ccc(C=O)cc3n2CC2(C(=O)N3CCOCC3)CC12.C=C.CCC. The lowest BCUT2D eigenvalue weighted by Gasteiger charge is -2.31. The van der Waals surface area contributed by atoms with Crippen LogP contribution in [0.25, 0.3) is 16.5 Å². The van der Waals surface area contributed by atoms with Gasteiger partial charge in [-0.1, -0.05) is 57.9 Å². The van der Waals surface area contributed by atoms with E-state index in [2.05, 4.69) is 70.6 Å². The number of rotatable bonds is 5. The Bertz CT molecular complexity index is 1200. The maximum atomic E-state index is 13.9. The molecule has 5 heteroatoms. The van der Waals surface area contributed by atoms with Gasteiger partial charge in [-0.3, -0.25) is 9.59 Å². The van der Waals surface area contributed by atoms with Gasteiger partial charge in [0.25, 0.3) is 0 Å². The third-order valence-corrected chi connectivity index (χ3v) is 7.89. The molecule has 2 atom stereocenters. The van der Waals surface area contributed by atoms with Crippen LogP contribution in [0, 0.1) is 11.3 Å².